The van der Waals surface area contributed by atoms with Gasteiger partial charge < -0.3 is 24.5 Å². The van der Waals surface area contributed by atoms with Crippen LogP contribution < -0.4 is 10.4 Å². The first-order valence-electron chi connectivity index (χ1n) is 8.23. The Bertz CT molecular complexity index is 1090. The first-order chi connectivity index (χ1) is 12.7. The van der Waals surface area contributed by atoms with Crippen molar-refractivity contribution in [1.82, 2.24) is 0 Å². The summed E-state index contributed by atoms with van der Waals surface area (Å²) in [6.07, 6.45) is 1.65. The van der Waals surface area contributed by atoms with Crippen LogP contribution in [0.15, 0.2) is 52.2 Å². The second-order valence-corrected chi connectivity index (χ2v) is 6.83. The van der Waals surface area contributed by atoms with Gasteiger partial charge in [-0.15, -0.1) is 6.58 Å². The van der Waals surface area contributed by atoms with Gasteiger partial charge in [-0.3, -0.25) is 0 Å². The summed E-state index contributed by atoms with van der Waals surface area (Å²) in [5.74, 6) is -0.123. The number of allylic oxidation sites excluding steroid dienone is 1. The van der Waals surface area contributed by atoms with Crippen LogP contribution in [0.25, 0.3) is 22.1 Å². The monoisotopic (exact) mass is 368 g/mol. The molecule has 3 N–H and O–H groups in total. The summed E-state index contributed by atoms with van der Waals surface area (Å²) in [5.41, 5.74) is -0.315. The van der Waals surface area contributed by atoms with Crippen molar-refractivity contribution in [3.05, 3.63) is 59.0 Å². The molecule has 0 aliphatic rings. The fourth-order valence-electron chi connectivity index (χ4n) is 3.08. The van der Waals surface area contributed by atoms with Crippen molar-refractivity contribution >= 4 is 11.0 Å². The number of ether oxygens (including phenoxy) is 1. The van der Waals surface area contributed by atoms with E-state index in [0.29, 0.717) is 22.3 Å². The number of phenolic OH excluding ortho intramolecular Hbond substituents is 3. The predicted octanol–water partition coefficient (Wildman–Crippen LogP) is 4.05. The highest BCUT2D eigenvalue weighted by molar-refractivity contribution is 5.92. The van der Waals surface area contributed by atoms with Crippen molar-refractivity contribution in [2.24, 2.45) is 0 Å². The van der Waals surface area contributed by atoms with Gasteiger partial charge in [-0.1, -0.05) is 19.9 Å². The molecule has 6 nitrogen and oxygen atoms in total. The first kappa shape index (κ1) is 18.4. The van der Waals surface area contributed by atoms with Crippen LogP contribution in [0.3, 0.4) is 0 Å². The third-order valence-corrected chi connectivity index (χ3v) is 4.55. The number of phenols is 3. The Hall–Kier alpha value is -3.41. The number of benzene rings is 2. The van der Waals surface area contributed by atoms with E-state index in [1.807, 2.05) is 13.8 Å². The summed E-state index contributed by atoms with van der Waals surface area (Å²) in [4.78, 5) is 12.7. The summed E-state index contributed by atoms with van der Waals surface area (Å²) < 4.78 is 10.9. The van der Waals surface area contributed by atoms with Gasteiger partial charge in [0.15, 0.2) is 0 Å². The van der Waals surface area contributed by atoms with Crippen molar-refractivity contribution in [3.63, 3.8) is 0 Å². The summed E-state index contributed by atoms with van der Waals surface area (Å²) in [5, 5.41) is 30.4. The van der Waals surface area contributed by atoms with Crippen LogP contribution >= 0.6 is 0 Å². The van der Waals surface area contributed by atoms with Crippen LogP contribution in [0.2, 0.25) is 0 Å². The van der Waals surface area contributed by atoms with Crippen LogP contribution in [-0.2, 0) is 5.41 Å². The topological polar surface area (TPSA) is 100 Å². The summed E-state index contributed by atoms with van der Waals surface area (Å²) >= 11 is 0. The minimum Gasteiger partial charge on any atom is -0.508 e. The van der Waals surface area contributed by atoms with Crippen molar-refractivity contribution < 1.29 is 24.5 Å². The zero-order chi connectivity index (χ0) is 19.9. The summed E-state index contributed by atoms with van der Waals surface area (Å²) in [6.45, 7) is 7.46. The molecule has 0 radical (unpaired) electrons. The molecule has 0 fully saturated rings. The molecule has 27 heavy (non-hydrogen) atoms. The fraction of sp³-hybridized carbons (Fsp3) is 0.190. The molecule has 0 bridgehead atoms. The van der Waals surface area contributed by atoms with E-state index < -0.39 is 11.0 Å². The maximum absolute atomic E-state index is 12.7. The Morgan fingerprint density at radius 3 is 2.26 bits per heavy atom. The molecule has 0 amide bonds. The van der Waals surface area contributed by atoms with E-state index >= 15 is 0 Å². The molecule has 3 aromatic rings. The highest BCUT2D eigenvalue weighted by Gasteiger charge is 2.27. The van der Waals surface area contributed by atoms with E-state index in [-0.39, 0.29) is 28.4 Å². The zero-order valence-corrected chi connectivity index (χ0v) is 15.2. The minimum atomic E-state index is -0.679. The van der Waals surface area contributed by atoms with E-state index in [9.17, 15) is 20.1 Å². The van der Waals surface area contributed by atoms with Crippen molar-refractivity contribution in [2.45, 2.75) is 19.3 Å². The van der Waals surface area contributed by atoms with Gasteiger partial charge in [-0.05, 0) is 23.8 Å². The molecule has 1 heterocycles. The average Bonchev–Trinajstić information content (AvgIpc) is 2.59. The van der Waals surface area contributed by atoms with Crippen molar-refractivity contribution in [1.29, 1.82) is 0 Å². The normalized spacial score (nSPS) is 11.5. The van der Waals surface area contributed by atoms with Gasteiger partial charge in [0.1, 0.15) is 28.6 Å². The van der Waals surface area contributed by atoms with Crippen molar-refractivity contribution in [2.75, 3.05) is 7.11 Å². The number of aromatic hydroxyl groups is 3. The van der Waals surface area contributed by atoms with E-state index in [4.69, 9.17) is 9.15 Å². The molecule has 2 aromatic carbocycles. The number of methoxy groups -OCH3 is 1. The largest absolute Gasteiger partial charge is 0.508 e. The summed E-state index contributed by atoms with van der Waals surface area (Å²) in [7, 11) is 1.44. The lowest BCUT2D eigenvalue weighted by Crippen LogP contribution is -2.15. The third-order valence-electron chi connectivity index (χ3n) is 4.55. The van der Waals surface area contributed by atoms with Gasteiger partial charge in [-0.2, -0.15) is 0 Å². The smallest absolute Gasteiger partial charge is 0.344 e. The average molecular weight is 368 g/mol. The Balaban J connectivity index is 2.43. The highest BCUT2D eigenvalue weighted by Crippen LogP contribution is 2.42. The van der Waals surface area contributed by atoms with E-state index in [2.05, 4.69) is 6.58 Å². The molecule has 0 spiro atoms. The number of hydrogen-bond acceptors (Lipinski definition) is 6. The Morgan fingerprint density at radius 2 is 1.70 bits per heavy atom. The Morgan fingerprint density at radius 1 is 1.07 bits per heavy atom. The summed E-state index contributed by atoms with van der Waals surface area (Å²) in [6, 6.07) is 6.86. The van der Waals surface area contributed by atoms with Crippen molar-refractivity contribution in [3.8, 4) is 34.1 Å². The van der Waals surface area contributed by atoms with Crippen LogP contribution in [-0.4, -0.2) is 22.4 Å². The lowest BCUT2D eigenvalue weighted by molar-refractivity contribution is 0.406. The molecule has 0 saturated heterocycles. The first-order valence-corrected chi connectivity index (χ1v) is 8.23. The highest BCUT2D eigenvalue weighted by atomic mass is 16.5. The molecule has 0 unspecified atom stereocenters. The lowest BCUT2D eigenvalue weighted by atomic mass is 9.83. The van der Waals surface area contributed by atoms with Crippen LogP contribution in [0.1, 0.15) is 19.4 Å². The standard InChI is InChI=1S/C21H20O6/c1-5-21(2,3)18-16(24)10-17(26-4)15-9-14(20(25)27-19(15)18)11-6-12(22)8-13(23)7-11/h5-10,22-24H,1H2,2-4H3. The minimum absolute atomic E-state index is 0.0739. The molecule has 1 aromatic heterocycles. The predicted molar refractivity (Wildman–Crippen MR) is 103 cm³/mol. The number of fused-ring (bicyclic) bond motifs is 1. The van der Waals surface area contributed by atoms with Gasteiger partial charge in [0.25, 0.3) is 0 Å². The second-order valence-electron chi connectivity index (χ2n) is 6.83. The molecular weight excluding hydrogens is 348 g/mol. The van der Waals surface area contributed by atoms with Crippen LogP contribution in [0.5, 0.6) is 23.0 Å². The third kappa shape index (κ3) is 3.10. The Labute approximate surface area is 155 Å². The van der Waals surface area contributed by atoms with E-state index in [0.717, 1.165) is 6.07 Å². The molecule has 0 aliphatic heterocycles. The second kappa shape index (κ2) is 6.39. The van der Waals surface area contributed by atoms with Gasteiger partial charge in [0.2, 0.25) is 0 Å². The number of hydrogen-bond donors (Lipinski definition) is 3. The Kier molecular flexibility index (Phi) is 4.35. The van der Waals surface area contributed by atoms with E-state index in [1.165, 1.54) is 25.3 Å². The van der Waals surface area contributed by atoms with Gasteiger partial charge >= 0.3 is 5.63 Å². The molecule has 0 atom stereocenters. The maximum Gasteiger partial charge on any atom is 0.344 e. The lowest BCUT2D eigenvalue weighted by Gasteiger charge is -2.23. The van der Waals surface area contributed by atoms with Crippen LogP contribution in [0.4, 0.5) is 0 Å². The van der Waals surface area contributed by atoms with Crippen LogP contribution in [0, 0.1) is 0 Å². The quantitative estimate of drug-likeness (QED) is 0.474. The van der Waals surface area contributed by atoms with Gasteiger partial charge in [-0.25, -0.2) is 4.79 Å². The number of rotatable bonds is 4. The molecule has 0 saturated carbocycles. The molecular formula is C21H20O6. The molecule has 140 valence electrons. The molecule has 3 rings (SSSR count). The fourth-order valence-corrected chi connectivity index (χ4v) is 3.08. The maximum atomic E-state index is 12.7. The molecule has 6 heteroatoms. The molecule has 0 aliphatic carbocycles. The van der Waals surface area contributed by atoms with E-state index in [1.54, 1.807) is 12.1 Å². The zero-order valence-electron chi connectivity index (χ0n) is 15.2. The SMILES string of the molecule is C=CC(C)(C)c1c(O)cc(OC)c2cc(-c3cc(O)cc(O)c3)c(=O)oc12. The van der Waals surface area contributed by atoms with Gasteiger partial charge in [0, 0.05) is 23.1 Å². The van der Waals surface area contributed by atoms with Gasteiger partial charge in [0.05, 0.1) is 18.1 Å².